The Hall–Kier alpha value is -2.20. The van der Waals surface area contributed by atoms with E-state index in [9.17, 15) is 19.8 Å². The number of carbonyl (C=O) groups is 2. The molecule has 0 radical (unpaired) electrons. The molecule has 0 aliphatic heterocycles. The van der Waals surface area contributed by atoms with E-state index in [0.29, 0.717) is 22.6 Å². The zero-order chi connectivity index (χ0) is 24.2. The molecule has 2 unspecified atom stereocenters. The van der Waals surface area contributed by atoms with Gasteiger partial charge >= 0.3 is 5.97 Å². The van der Waals surface area contributed by atoms with E-state index < -0.39 is 18.1 Å². The molecule has 0 saturated carbocycles. The summed E-state index contributed by atoms with van der Waals surface area (Å²) in [7, 11) is 0. The van der Waals surface area contributed by atoms with Crippen molar-refractivity contribution in [3.05, 3.63) is 47.5 Å². The molecule has 0 heterocycles. The van der Waals surface area contributed by atoms with Crippen molar-refractivity contribution < 1.29 is 24.9 Å². The minimum absolute atomic E-state index is 0.103. The molecular formula is C24H32N2O5S2. The van der Waals surface area contributed by atoms with Gasteiger partial charge in [0.15, 0.2) is 0 Å². The van der Waals surface area contributed by atoms with Gasteiger partial charge in [0, 0.05) is 22.6 Å². The van der Waals surface area contributed by atoms with Crippen LogP contribution in [-0.2, 0) is 22.4 Å². The van der Waals surface area contributed by atoms with Crippen molar-refractivity contribution in [2.75, 3.05) is 23.0 Å². The highest BCUT2D eigenvalue weighted by Gasteiger charge is 2.13. The molecule has 2 rings (SSSR count). The third kappa shape index (κ3) is 9.29. The van der Waals surface area contributed by atoms with Crippen molar-refractivity contribution >= 4 is 35.8 Å². The maximum Gasteiger partial charge on any atom is 0.321 e. The topological polar surface area (TPSA) is 147 Å². The first-order valence-electron chi connectivity index (χ1n) is 10.8. The normalized spacial score (nSPS) is 12.9. The molecule has 180 valence electrons. The van der Waals surface area contributed by atoms with Crippen LogP contribution in [0.1, 0.15) is 24.0 Å². The summed E-state index contributed by atoms with van der Waals surface area (Å²) >= 11 is 3.15. The molecule has 2 aromatic rings. The van der Waals surface area contributed by atoms with Gasteiger partial charge in [0.25, 0.3) is 0 Å². The Balaban J connectivity index is 1.96. The van der Waals surface area contributed by atoms with Crippen LogP contribution in [-0.4, -0.2) is 62.7 Å². The fourth-order valence-electron chi connectivity index (χ4n) is 3.21. The van der Waals surface area contributed by atoms with E-state index in [0.717, 1.165) is 54.6 Å². The monoisotopic (exact) mass is 492 g/mol. The van der Waals surface area contributed by atoms with Gasteiger partial charge in [0.1, 0.15) is 23.8 Å². The zero-order valence-electron chi connectivity index (χ0n) is 18.5. The minimum Gasteiger partial charge on any atom is -0.507 e. The first kappa shape index (κ1) is 27.0. The summed E-state index contributed by atoms with van der Waals surface area (Å²) in [5.74, 6) is 1.87. The van der Waals surface area contributed by atoms with Gasteiger partial charge < -0.3 is 31.6 Å². The number of phenols is 2. The summed E-state index contributed by atoms with van der Waals surface area (Å²) in [4.78, 5) is 21.3. The second kappa shape index (κ2) is 14.1. The maximum atomic E-state index is 10.8. The fraction of sp³-hybridized carbons (Fsp3) is 0.417. The number of aryl methyl sites for hydroxylation is 2. The summed E-state index contributed by atoms with van der Waals surface area (Å²) in [5, 5.41) is 29.7. The molecule has 7 N–H and O–H groups in total. The number of benzene rings is 2. The molecule has 0 amide bonds. The van der Waals surface area contributed by atoms with Gasteiger partial charge in [-0.05, 0) is 72.6 Å². The quantitative estimate of drug-likeness (QED) is 0.187. The first-order valence-corrected chi connectivity index (χ1v) is 13.1. The third-order valence-corrected chi connectivity index (χ3v) is 7.39. The van der Waals surface area contributed by atoms with Crippen LogP contribution < -0.4 is 11.5 Å². The second-order valence-electron chi connectivity index (χ2n) is 7.80. The van der Waals surface area contributed by atoms with E-state index in [1.807, 2.05) is 24.3 Å². The largest absolute Gasteiger partial charge is 0.507 e. The number of carboxylic acid groups (broad SMARTS) is 1. The highest BCUT2D eigenvalue weighted by Crippen LogP contribution is 2.37. The lowest BCUT2D eigenvalue weighted by Gasteiger charge is -2.12. The van der Waals surface area contributed by atoms with Crippen LogP contribution in [0.3, 0.4) is 0 Å². The van der Waals surface area contributed by atoms with Crippen molar-refractivity contribution in [2.45, 2.75) is 37.8 Å². The molecule has 7 nitrogen and oxygen atoms in total. The SMILES string of the molecule is NC(C=O)CSCCCc1ccc(O)c(-c2cc(CCCSCC(N)C(=O)O)ccc2O)c1. The number of carboxylic acids is 1. The van der Waals surface area contributed by atoms with Crippen LogP contribution in [0.4, 0.5) is 0 Å². The molecule has 0 aliphatic carbocycles. The Kier molecular flexibility index (Phi) is 11.6. The van der Waals surface area contributed by atoms with Crippen LogP contribution in [0.15, 0.2) is 36.4 Å². The maximum absolute atomic E-state index is 10.8. The predicted octanol–water partition coefficient (Wildman–Crippen LogP) is 3.03. The summed E-state index contributed by atoms with van der Waals surface area (Å²) in [6.45, 7) is 0. The van der Waals surface area contributed by atoms with E-state index in [1.165, 1.54) is 11.8 Å². The van der Waals surface area contributed by atoms with Gasteiger partial charge in [0.05, 0.1) is 6.04 Å². The lowest BCUT2D eigenvalue weighted by Crippen LogP contribution is -2.32. The number of thioether (sulfide) groups is 2. The highest BCUT2D eigenvalue weighted by molar-refractivity contribution is 7.99. The highest BCUT2D eigenvalue weighted by atomic mass is 32.2. The van der Waals surface area contributed by atoms with Crippen molar-refractivity contribution in [3.8, 4) is 22.6 Å². The Morgan fingerprint density at radius 3 is 1.82 bits per heavy atom. The van der Waals surface area contributed by atoms with Crippen molar-refractivity contribution in [1.29, 1.82) is 0 Å². The van der Waals surface area contributed by atoms with Crippen LogP contribution in [0, 0.1) is 0 Å². The van der Waals surface area contributed by atoms with E-state index >= 15 is 0 Å². The predicted molar refractivity (Wildman–Crippen MR) is 136 cm³/mol. The number of hydrogen-bond acceptors (Lipinski definition) is 8. The number of aromatic hydroxyl groups is 2. The number of hydrogen-bond donors (Lipinski definition) is 5. The summed E-state index contributed by atoms with van der Waals surface area (Å²) in [5.41, 5.74) is 14.4. The van der Waals surface area contributed by atoms with Crippen LogP contribution in [0.5, 0.6) is 11.5 Å². The molecule has 0 aromatic heterocycles. The Bertz CT molecular complexity index is 926. The Labute approximate surface area is 202 Å². The summed E-state index contributed by atoms with van der Waals surface area (Å²) in [6.07, 6.45) is 4.10. The molecular weight excluding hydrogens is 460 g/mol. The number of aliphatic carboxylic acids is 1. The van der Waals surface area contributed by atoms with Gasteiger partial charge in [-0.1, -0.05) is 12.1 Å². The fourth-order valence-corrected chi connectivity index (χ4v) is 4.98. The molecule has 0 saturated heterocycles. The van der Waals surface area contributed by atoms with Gasteiger partial charge in [-0.15, -0.1) is 0 Å². The van der Waals surface area contributed by atoms with E-state index in [-0.39, 0.29) is 11.5 Å². The number of phenolic OH excluding ortho intramolecular Hbond substituents is 2. The standard InChI is InChI=1S/C24H32N2O5S2/c25-18(13-27)14-32-9-1-3-16-5-7-22(28)19(11-16)20-12-17(6-8-23(20)29)4-2-10-33-15-21(26)24(30)31/h5-8,11-13,18,21,28-29H,1-4,9-10,14-15,25-26H2,(H,30,31). The summed E-state index contributed by atoms with van der Waals surface area (Å²) in [6, 6.07) is 9.53. The average Bonchev–Trinajstić information content (AvgIpc) is 2.80. The third-order valence-electron chi connectivity index (χ3n) is 5.02. The average molecular weight is 493 g/mol. The van der Waals surface area contributed by atoms with Crippen LogP contribution >= 0.6 is 23.5 Å². The summed E-state index contributed by atoms with van der Waals surface area (Å²) < 4.78 is 0. The molecule has 9 heteroatoms. The molecule has 0 bridgehead atoms. The number of nitrogens with two attached hydrogens (primary N) is 2. The van der Waals surface area contributed by atoms with Gasteiger partial charge in [-0.3, -0.25) is 4.79 Å². The van der Waals surface area contributed by atoms with E-state index in [1.54, 1.807) is 23.9 Å². The van der Waals surface area contributed by atoms with Crippen molar-refractivity contribution in [1.82, 2.24) is 0 Å². The smallest absolute Gasteiger partial charge is 0.321 e. The lowest BCUT2D eigenvalue weighted by molar-refractivity contribution is -0.137. The second-order valence-corrected chi connectivity index (χ2v) is 10.1. The van der Waals surface area contributed by atoms with Crippen LogP contribution in [0.25, 0.3) is 11.1 Å². The zero-order valence-corrected chi connectivity index (χ0v) is 20.1. The first-order chi connectivity index (χ1) is 15.8. The van der Waals surface area contributed by atoms with Crippen molar-refractivity contribution in [3.63, 3.8) is 0 Å². The minimum atomic E-state index is -0.992. The van der Waals surface area contributed by atoms with Gasteiger partial charge in [-0.2, -0.15) is 23.5 Å². The van der Waals surface area contributed by atoms with Gasteiger partial charge in [0.2, 0.25) is 0 Å². The molecule has 0 aliphatic rings. The molecule has 0 spiro atoms. The number of carbonyl (C=O) groups excluding carboxylic acids is 1. The number of aldehydes is 1. The molecule has 2 aromatic carbocycles. The van der Waals surface area contributed by atoms with Crippen LogP contribution in [0.2, 0.25) is 0 Å². The molecule has 2 atom stereocenters. The molecule has 0 fully saturated rings. The lowest BCUT2D eigenvalue weighted by atomic mass is 9.96. The van der Waals surface area contributed by atoms with E-state index in [2.05, 4.69) is 0 Å². The van der Waals surface area contributed by atoms with Crippen molar-refractivity contribution in [2.24, 2.45) is 11.5 Å². The number of rotatable bonds is 15. The van der Waals surface area contributed by atoms with E-state index in [4.69, 9.17) is 16.6 Å². The Morgan fingerprint density at radius 1 is 0.879 bits per heavy atom. The van der Waals surface area contributed by atoms with Gasteiger partial charge in [-0.25, -0.2) is 0 Å². The Morgan fingerprint density at radius 2 is 1.36 bits per heavy atom. The molecule has 33 heavy (non-hydrogen) atoms.